The molecule has 0 amide bonds. The van der Waals surface area contributed by atoms with Crippen molar-refractivity contribution in [3.63, 3.8) is 0 Å². The molecule has 0 aliphatic carbocycles. The minimum atomic E-state index is -0.0368. The number of aromatic nitrogens is 2. The predicted molar refractivity (Wildman–Crippen MR) is 56.6 cm³/mol. The predicted octanol–water partition coefficient (Wildman–Crippen LogP) is 2.14. The number of thiophene rings is 1. The molecule has 2 heterocycles. The third-order valence-corrected chi connectivity index (χ3v) is 3.06. The first-order valence-corrected chi connectivity index (χ1v) is 5.39. The van der Waals surface area contributed by atoms with Crippen molar-refractivity contribution in [2.45, 2.75) is 13.2 Å². The molecule has 0 saturated heterocycles. The van der Waals surface area contributed by atoms with E-state index in [0.29, 0.717) is 12.4 Å². The van der Waals surface area contributed by atoms with E-state index in [1.165, 1.54) is 11.3 Å². The van der Waals surface area contributed by atoms with Crippen molar-refractivity contribution in [1.29, 1.82) is 0 Å². The normalized spacial score (nSPS) is 10.7. The molecular formula is C9H9ClN2OS. The van der Waals surface area contributed by atoms with Crippen LogP contribution in [0.3, 0.4) is 0 Å². The molecule has 0 saturated carbocycles. The van der Waals surface area contributed by atoms with Crippen LogP contribution in [0.4, 0.5) is 0 Å². The second kappa shape index (κ2) is 4.13. The summed E-state index contributed by atoms with van der Waals surface area (Å²) in [6, 6.07) is 1.92. The number of halogens is 1. The van der Waals surface area contributed by atoms with Crippen molar-refractivity contribution in [1.82, 2.24) is 9.55 Å². The van der Waals surface area contributed by atoms with Crippen LogP contribution in [-0.4, -0.2) is 14.7 Å². The summed E-state index contributed by atoms with van der Waals surface area (Å²) in [6.45, 7) is 0.671. The third-order valence-electron chi connectivity index (χ3n) is 1.92. The first-order valence-electron chi connectivity index (χ1n) is 4.13. The van der Waals surface area contributed by atoms with E-state index >= 15 is 0 Å². The van der Waals surface area contributed by atoms with Gasteiger partial charge in [-0.05, 0) is 17.0 Å². The van der Waals surface area contributed by atoms with Crippen LogP contribution in [0, 0.1) is 0 Å². The maximum Gasteiger partial charge on any atom is 0.134 e. The highest BCUT2D eigenvalue weighted by molar-refractivity contribution is 7.14. The van der Waals surface area contributed by atoms with Crippen molar-refractivity contribution in [3.05, 3.63) is 39.6 Å². The minimum Gasteiger partial charge on any atom is -0.388 e. The van der Waals surface area contributed by atoms with Gasteiger partial charge in [0, 0.05) is 18.9 Å². The van der Waals surface area contributed by atoms with Gasteiger partial charge >= 0.3 is 0 Å². The summed E-state index contributed by atoms with van der Waals surface area (Å²) >= 11 is 7.33. The zero-order valence-electron chi connectivity index (χ0n) is 7.35. The molecule has 0 aliphatic heterocycles. The van der Waals surface area contributed by atoms with Crippen LogP contribution in [0.1, 0.15) is 11.4 Å². The highest BCUT2D eigenvalue weighted by Gasteiger charge is 2.03. The monoisotopic (exact) mass is 228 g/mol. The van der Waals surface area contributed by atoms with E-state index in [9.17, 15) is 0 Å². The van der Waals surface area contributed by atoms with Gasteiger partial charge in [0.2, 0.25) is 0 Å². The largest absolute Gasteiger partial charge is 0.388 e. The second-order valence-electron chi connectivity index (χ2n) is 2.89. The number of hydrogen-bond donors (Lipinski definition) is 1. The molecule has 0 spiro atoms. The molecule has 0 bridgehead atoms. The van der Waals surface area contributed by atoms with E-state index in [-0.39, 0.29) is 6.61 Å². The molecule has 0 unspecified atom stereocenters. The van der Waals surface area contributed by atoms with Crippen LogP contribution < -0.4 is 0 Å². The second-order valence-corrected chi connectivity index (χ2v) is 4.43. The minimum absolute atomic E-state index is 0.0368. The fraction of sp³-hybridized carbons (Fsp3) is 0.222. The number of imidazole rings is 1. The molecule has 1 N–H and O–H groups in total. The summed E-state index contributed by atoms with van der Waals surface area (Å²) in [4.78, 5) is 4.02. The Bertz CT molecular complexity index is 424. The van der Waals surface area contributed by atoms with Gasteiger partial charge in [0.15, 0.2) is 0 Å². The molecule has 2 aromatic rings. The Morgan fingerprint density at radius 2 is 2.43 bits per heavy atom. The van der Waals surface area contributed by atoms with E-state index in [2.05, 4.69) is 4.98 Å². The summed E-state index contributed by atoms with van der Waals surface area (Å²) in [6.07, 6.45) is 3.52. The molecule has 2 aromatic heterocycles. The van der Waals surface area contributed by atoms with Crippen molar-refractivity contribution in [3.8, 4) is 0 Å². The molecule has 0 atom stereocenters. The smallest absolute Gasteiger partial charge is 0.134 e. The van der Waals surface area contributed by atoms with Crippen molar-refractivity contribution in [2.24, 2.45) is 0 Å². The van der Waals surface area contributed by atoms with Gasteiger partial charge in [-0.25, -0.2) is 4.98 Å². The van der Waals surface area contributed by atoms with Gasteiger partial charge in [0.1, 0.15) is 12.4 Å². The molecule has 0 aromatic carbocycles. The highest BCUT2D eigenvalue weighted by atomic mass is 35.5. The van der Waals surface area contributed by atoms with Gasteiger partial charge in [-0.15, -0.1) is 11.3 Å². The van der Waals surface area contributed by atoms with Gasteiger partial charge in [0.25, 0.3) is 0 Å². The third kappa shape index (κ3) is 1.97. The molecule has 2 rings (SSSR count). The van der Waals surface area contributed by atoms with Gasteiger partial charge in [-0.3, -0.25) is 0 Å². The maximum atomic E-state index is 8.98. The Labute approximate surface area is 90.6 Å². The van der Waals surface area contributed by atoms with Crippen molar-refractivity contribution < 1.29 is 5.11 Å². The topological polar surface area (TPSA) is 38.1 Å². The molecule has 5 heteroatoms. The van der Waals surface area contributed by atoms with Crippen LogP contribution >= 0.6 is 22.9 Å². The van der Waals surface area contributed by atoms with Crippen LogP contribution in [-0.2, 0) is 13.2 Å². The van der Waals surface area contributed by atoms with Crippen LogP contribution in [0.15, 0.2) is 23.8 Å². The van der Waals surface area contributed by atoms with Crippen LogP contribution in [0.2, 0.25) is 4.34 Å². The number of aliphatic hydroxyl groups excluding tert-OH is 1. The number of nitrogens with zero attached hydrogens (tertiary/aromatic N) is 2. The summed E-state index contributed by atoms with van der Waals surface area (Å²) < 4.78 is 2.68. The molecule has 0 radical (unpaired) electrons. The van der Waals surface area contributed by atoms with E-state index < -0.39 is 0 Å². The fourth-order valence-electron chi connectivity index (χ4n) is 1.26. The Morgan fingerprint density at radius 3 is 3.07 bits per heavy atom. The standard InChI is InChI=1S/C9H9ClN2OS/c10-8-3-7(6-14-8)4-12-2-1-11-9(12)5-13/h1-3,6,13H,4-5H2. The lowest BCUT2D eigenvalue weighted by atomic mass is 10.3. The average Bonchev–Trinajstić information content (AvgIpc) is 2.76. The Kier molecular flexibility index (Phi) is 2.86. The fourth-order valence-corrected chi connectivity index (χ4v) is 2.16. The first kappa shape index (κ1) is 9.71. The van der Waals surface area contributed by atoms with E-state index in [0.717, 1.165) is 9.90 Å². The first-order chi connectivity index (χ1) is 6.79. The molecule has 74 valence electrons. The Balaban J connectivity index is 2.18. The van der Waals surface area contributed by atoms with Gasteiger partial charge in [-0.1, -0.05) is 11.6 Å². The van der Waals surface area contributed by atoms with Crippen LogP contribution in [0.25, 0.3) is 0 Å². The number of rotatable bonds is 3. The Hall–Kier alpha value is -0.840. The maximum absolute atomic E-state index is 8.98. The molecule has 0 aliphatic rings. The highest BCUT2D eigenvalue weighted by Crippen LogP contribution is 2.20. The summed E-state index contributed by atoms with van der Waals surface area (Å²) in [7, 11) is 0. The lowest BCUT2D eigenvalue weighted by Crippen LogP contribution is -2.03. The molecule has 14 heavy (non-hydrogen) atoms. The quantitative estimate of drug-likeness (QED) is 0.874. The lowest BCUT2D eigenvalue weighted by molar-refractivity contribution is 0.266. The molecule has 3 nitrogen and oxygen atoms in total. The van der Waals surface area contributed by atoms with E-state index in [1.54, 1.807) is 6.20 Å². The van der Waals surface area contributed by atoms with Gasteiger partial charge in [0.05, 0.1) is 4.34 Å². The Morgan fingerprint density at radius 1 is 1.57 bits per heavy atom. The van der Waals surface area contributed by atoms with Crippen LogP contribution in [0.5, 0.6) is 0 Å². The van der Waals surface area contributed by atoms with Crippen molar-refractivity contribution in [2.75, 3.05) is 0 Å². The van der Waals surface area contributed by atoms with Crippen molar-refractivity contribution >= 4 is 22.9 Å². The van der Waals surface area contributed by atoms with E-state index in [4.69, 9.17) is 16.7 Å². The zero-order chi connectivity index (χ0) is 9.97. The molecule has 0 fully saturated rings. The zero-order valence-corrected chi connectivity index (χ0v) is 8.92. The number of aliphatic hydroxyl groups is 1. The number of hydrogen-bond acceptors (Lipinski definition) is 3. The summed E-state index contributed by atoms with van der Waals surface area (Å²) in [5.74, 6) is 0.673. The molecular weight excluding hydrogens is 220 g/mol. The SMILES string of the molecule is OCc1nccn1Cc1csc(Cl)c1. The summed E-state index contributed by atoms with van der Waals surface area (Å²) in [5, 5.41) is 11.0. The lowest BCUT2D eigenvalue weighted by Gasteiger charge is -2.03. The van der Waals surface area contributed by atoms with Gasteiger partial charge in [-0.2, -0.15) is 0 Å². The summed E-state index contributed by atoms with van der Waals surface area (Å²) in [5.41, 5.74) is 1.13. The van der Waals surface area contributed by atoms with E-state index in [1.807, 2.05) is 22.2 Å². The average molecular weight is 229 g/mol. The van der Waals surface area contributed by atoms with Gasteiger partial charge < -0.3 is 9.67 Å².